The second-order valence-corrected chi connectivity index (χ2v) is 10.1. The fourth-order valence-electron chi connectivity index (χ4n) is 3.42. The van der Waals surface area contributed by atoms with Gasteiger partial charge in [0, 0.05) is 29.1 Å². The molecule has 0 radical (unpaired) electrons. The summed E-state index contributed by atoms with van der Waals surface area (Å²) in [7, 11) is 0. The highest BCUT2D eigenvalue weighted by atomic mass is 32.2. The Morgan fingerprint density at radius 1 is 1.10 bits per heavy atom. The van der Waals surface area contributed by atoms with Gasteiger partial charge in [-0.3, -0.25) is 4.79 Å². The number of pyridine rings is 1. The number of thioether (sulfide) groups is 1. The van der Waals surface area contributed by atoms with E-state index in [1.54, 1.807) is 35.8 Å². The molecule has 160 valence electrons. The standard InChI is InChI=1S/C22H25NO4S3/c1-15-19(25)16(24)6-9-23(15)8-4-2-3-5-12-28-18-7-13-29-21(18)22-20-17(14-30-22)26-10-11-27-20/h6-7,9,13-14,25H,2-5,8,10-12H2,1H3. The molecule has 0 unspecified atom stereocenters. The van der Waals surface area contributed by atoms with E-state index in [0.717, 1.165) is 43.1 Å². The number of fused-ring (bicyclic) bond motifs is 1. The second-order valence-electron chi connectivity index (χ2n) is 7.14. The Hall–Kier alpha value is -1.90. The van der Waals surface area contributed by atoms with Crippen LogP contribution in [0.25, 0.3) is 9.75 Å². The highest BCUT2D eigenvalue weighted by Gasteiger charge is 2.22. The number of thiophene rings is 2. The van der Waals surface area contributed by atoms with Gasteiger partial charge in [0.15, 0.2) is 17.2 Å². The lowest BCUT2D eigenvalue weighted by molar-refractivity contribution is 0.174. The predicted molar refractivity (Wildman–Crippen MR) is 125 cm³/mol. The topological polar surface area (TPSA) is 60.7 Å². The van der Waals surface area contributed by atoms with Gasteiger partial charge in [-0.25, -0.2) is 0 Å². The molecule has 1 aliphatic rings. The van der Waals surface area contributed by atoms with Crippen molar-refractivity contribution in [2.75, 3.05) is 19.0 Å². The van der Waals surface area contributed by atoms with Crippen molar-refractivity contribution in [3.63, 3.8) is 0 Å². The quantitative estimate of drug-likeness (QED) is 0.322. The molecule has 0 fully saturated rings. The lowest BCUT2D eigenvalue weighted by atomic mass is 10.2. The number of hydrogen-bond donors (Lipinski definition) is 1. The predicted octanol–water partition coefficient (Wildman–Crippen LogP) is 5.78. The largest absolute Gasteiger partial charge is 0.503 e. The van der Waals surface area contributed by atoms with Crippen LogP contribution in [0.4, 0.5) is 0 Å². The van der Waals surface area contributed by atoms with Crippen molar-refractivity contribution in [1.82, 2.24) is 4.57 Å². The SMILES string of the molecule is Cc1c(O)c(=O)ccn1CCCCCCSc1ccsc1-c1scc2c1OCCO2. The van der Waals surface area contributed by atoms with E-state index in [4.69, 9.17) is 9.47 Å². The van der Waals surface area contributed by atoms with Crippen LogP contribution < -0.4 is 14.9 Å². The summed E-state index contributed by atoms with van der Waals surface area (Å²) in [6, 6.07) is 3.63. The van der Waals surface area contributed by atoms with Gasteiger partial charge in [-0.2, -0.15) is 0 Å². The maximum Gasteiger partial charge on any atom is 0.223 e. The maximum absolute atomic E-state index is 11.4. The molecule has 1 N–H and O–H groups in total. The Bertz CT molecular complexity index is 1050. The van der Waals surface area contributed by atoms with Gasteiger partial charge in [0.05, 0.1) is 15.4 Å². The number of aromatic nitrogens is 1. The van der Waals surface area contributed by atoms with Crippen LogP contribution in [-0.2, 0) is 6.54 Å². The minimum Gasteiger partial charge on any atom is -0.503 e. The van der Waals surface area contributed by atoms with Gasteiger partial charge in [-0.05, 0) is 37.0 Å². The monoisotopic (exact) mass is 463 g/mol. The smallest absolute Gasteiger partial charge is 0.223 e. The van der Waals surface area contributed by atoms with Gasteiger partial charge >= 0.3 is 0 Å². The van der Waals surface area contributed by atoms with Crippen molar-refractivity contribution in [3.05, 3.63) is 45.0 Å². The first-order valence-electron chi connectivity index (χ1n) is 10.1. The molecule has 4 rings (SSSR count). The third-order valence-electron chi connectivity index (χ3n) is 5.10. The highest BCUT2D eigenvalue weighted by molar-refractivity contribution is 7.99. The maximum atomic E-state index is 11.4. The summed E-state index contributed by atoms with van der Waals surface area (Å²) in [5.41, 5.74) is 0.337. The summed E-state index contributed by atoms with van der Waals surface area (Å²) >= 11 is 5.37. The molecule has 0 aliphatic carbocycles. The van der Waals surface area contributed by atoms with E-state index in [2.05, 4.69) is 11.4 Å². The molecule has 1 aliphatic heterocycles. The summed E-state index contributed by atoms with van der Waals surface area (Å²) in [6.07, 6.45) is 6.27. The summed E-state index contributed by atoms with van der Waals surface area (Å²) in [4.78, 5) is 15.2. The van der Waals surface area contributed by atoms with Crippen LogP contribution in [0.15, 0.2) is 38.8 Å². The number of ether oxygens (including phenoxy) is 2. The van der Waals surface area contributed by atoms with E-state index in [1.165, 1.54) is 27.1 Å². The van der Waals surface area contributed by atoms with Crippen LogP contribution in [0.2, 0.25) is 0 Å². The number of unbranched alkanes of at least 4 members (excludes halogenated alkanes) is 3. The molecule has 0 aromatic carbocycles. The molecule has 0 amide bonds. The van der Waals surface area contributed by atoms with E-state index >= 15 is 0 Å². The van der Waals surface area contributed by atoms with Crippen molar-refractivity contribution < 1.29 is 14.6 Å². The molecule has 0 atom stereocenters. The Balaban J connectivity index is 1.22. The number of rotatable bonds is 9. The molecule has 0 spiro atoms. The molecule has 0 saturated heterocycles. The molecule has 0 bridgehead atoms. The lowest BCUT2D eigenvalue weighted by Crippen LogP contribution is -2.14. The summed E-state index contributed by atoms with van der Waals surface area (Å²) in [5.74, 6) is 2.73. The van der Waals surface area contributed by atoms with E-state index in [9.17, 15) is 9.90 Å². The zero-order valence-corrected chi connectivity index (χ0v) is 19.3. The first-order chi connectivity index (χ1) is 14.6. The third-order valence-corrected chi connectivity index (χ3v) is 8.39. The first kappa shape index (κ1) is 21.3. The Kier molecular flexibility index (Phi) is 7.07. The van der Waals surface area contributed by atoms with Crippen LogP contribution in [-0.4, -0.2) is 28.6 Å². The van der Waals surface area contributed by atoms with Crippen molar-refractivity contribution in [2.24, 2.45) is 0 Å². The van der Waals surface area contributed by atoms with Gasteiger partial charge in [-0.1, -0.05) is 12.8 Å². The van der Waals surface area contributed by atoms with Gasteiger partial charge in [0.2, 0.25) is 5.43 Å². The molecular formula is C22H25NO4S3. The van der Waals surface area contributed by atoms with E-state index in [-0.39, 0.29) is 11.2 Å². The minimum atomic E-state index is -0.310. The molecule has 0 saturated carbocycles. The normalized spacial score (nSPS) is 13.0. The number of hydrogen-bond acceptors (Lipinski definition) is 7. The van der Waals surface area contributed by atoms with Gasteiger partial charge < -0.3 is 19.1 Å². The Morgan fingerprint density at radius 2 is 1.93 bits per heavy atom. The van der Waals surface area contributed by atoms with Crippen LogP contribution in [0, 0.1) is 6.92 Å². The van der Waals surface area contributed by atoms with Crippen LogP contribution >= 0.6 is 34.4 Å². The zero-order chi connectivity index (χ0) is 20.9. The van der Waals surface area contributed by atoms with Crippen LogP contribution in [0.3, 0.4) is 0 Å². The molecule has 5 nitrogen and oxygen atoms in total. The number of nitrogens with zero attached hydrogens (tertiary/aromatic N) is 1. The fourth-order valence-corrected chi connectivity index (χ4v) is 6.76. The molecule has 4 heterocycles. The summed E-state index contributed by atoms with van der Waals surface area (Å²) in [6.45, 7) is 3.85. The minimum absolute atomic E-state index is 0.135. The fraction of sp³-hybridized carbons (Fsp3) is 0.409. The summed E-state index contributed by atoms with van der Waals surface area (Å²) in [5, 5.41) is 13.9. The second kappa shape index (κ2) is 9.94. The van der Waals surface area contributed by atoms with Crippen molar-refractivity contribution >= 4 is 34.4 Å². The van der Waals surface area contributed by atoms with Crippen molar-refractivity contribution in [3.8, 4) is 27.0 Å². The van der Waals surface area contributed by atoms with E-state index in [0.29, 0.717) is 18.9 Å². The average Bonchev–Trinajstić information content (AvgIpc) is 3.39. The highest BCUT2D eigenvalue weighted by Crippen LogP contribution is 2.50. The Labute approximate surface area is 188 Å². The molecule has 30 heavy (non-hydrogen) atoms. The van der Waals surface area contributed by atoms with Crippen molar-refractivity contribution in [1.29, 1.82) is 0 Å². The molecule has 3 aromatic rings. The van der Waals surface area contributed by atoms with Gasteiger partial charge in [0.25, 0.3) is 0 Å². The van der Waals surface area contributed by atoms with Gasteiger partial charge in [-0.15, -0.1) is 34.4 Å². The molecule has 8 heteroatoms. The van der Waals surface area contributed by atoms with Gasteiger partial charge in [0.1, 0.15) is 13.2 Å². The average molecular weight is 464 g/mol. The first-order valence-corrected chi connectivity index (χ1v) is 12.9. The zero-order valence-electron chi connectivity index (χ0n) is 16.9. The number of aryl methyl sites for hydroxylation is 1. The van der Waals surface area contributed by atoms with Crippen LogP contribution in [0.1, 0.15) is 31.4 Å². The van der Waals surface area contributed by atoms with E-state index in [1.807, 2.05) is 21.7 Å². The molecule has 3 aromatic heterocycles. The van der Waals surface area contributed by atoms with E-state index < -0.39 is 0 Å². The van der Waals surface area contributed by atoms with Crippen molar-refractivity contribution in [2.45, 2.75) is 44.0 Å². The Morgan fingerprint density at radius 3 is 2.83 bits per heavy atom. The van der Waals surface area contributed by atoms with Crippen LogP contribution in [0.5, 0.6) is 17.2 Å². The third kappa shape index (κ3) is 4.71. The summed E-state index contributed by atoms with van der Waals surface area (Å²) < 4.78 is 13.5. The lowest BCUT2D eigenvalue weighted by Gasteiger charge is -2.16. The molecular weight excluding hydrogens is 438 g/mol. The number of aromatic hydroxyl groups is 1.